The van der Waals surface area contributed by atoms with E-state index in [1.165, 1.54) is 0 Å². The Balaban J connectivity index is 1.37. The molecule has 2 heterocycles. The molecule has 1 aliphatic heterocycles. The molecular weight excluding hydrogens is 314 g/mol. The lowest BCUT2D eigenvalue weighted by molar-refractivity contribution is -0.122. The van der Waals surface area contributed by atoms with Crippen molar-refractivity contribution in [2.45, 2.75) is 43.2 Å². The Morgan fingerprint density at radius 3 is 2.68 bits per heavy atom. The summed E-state index contributed by atoms with van der Waals surface area (Å²) in [5.41, 5.74) is 2.62. The molecule has 1 saturated carbocycles. The summed E-state index contributed by atoms with van der Waals surface area (Å²) < 4.78 is 0. The molecule has 2 aromatic rings. The highest BCUT2D eigenvalue weighted by Crippen LogP contribution is 2.47. The Morgan fingerprint density at radius 1 is 1.20 bits per heavy atom. The third kappa shape index (κ3) is 2.94. The van der Waals surface area contributed by atoms with Crippen molar-refractivity contribution in [3.05, 3.63) is 59.9 Å². The van der Waals surface area contributed by atoms with Crippen LogP contribution in [0.25, 0.3) is 0 Å². The molecule has 4 rings (SSSR count). The lowest BCUT2D eigenvalue weighted by atomic mass is 9.69. The zero-order valence-corrected chi connectivity index (χ0v) is 14.1. The number of hydrogen-bond acceptors (Lipinski definition) is 4. The third-order valence-electron chi connectivity index (χ3n) is 5.66. The molecule has 1 fully saturated rings. The van der Waals surface area contributed by atoms with Crippen molar-refractivity contribution in [1.29, 1.82) is 0 Å². The van der Waals surface area contributed by atoms with Gasteiger partial charge in [0, 0.05) is 30.7 Å². The summed E-state index contributed by atoms with van der Waals surface area (Å²) in [6.07, 6.45) is 6.42. The molecule has 130 valence electrons. The van der Waals surface area contributed by atoms with Gasteiger partial charge in [0.2, 0.25) is 5.91 Å². The van der Waals surface area contributed by atoms with Gasteiger partial charge >= 0.3 is 0 Å². The van der Waals surface area contributed by atoms with Crippen molar-refractivity contribution in [2.24, 2.45) is 0 Å². The van der Waals surface area contributed by atoms with E-state index in [0.717, 1.165) is 42.5 Å². The van der Waals surface area contributed by atoms with Crippen LogP contribution in [0, 0.1) is 0 Å². The van der Waals surface area contributed by atoms with E-state index >= 15 is 0 Å². The van der Waals surface area contributed by atoms with Crippen molar-refractivity contribution in [2.75, 3.05) is 11.9 Å². The van der Waals surface area contributed by atoms with Crippen LogP contribution in [0.15, 0.2) is 48.8 Å². The second kappa shape index (κ2) is 6.58. The normalized spacial score (nSPS) is 26.3. The predicted molar refractivity (Wildman–Crippen MR) is 96.2 cm³/mol. The van der Waals surface area contributed by atoms with Gasteiger partial charge in [-0.25, -0.2) is 0 Å². The molecule has 0 saturated heterocycles. The number of aliphatic hydroxyl groups is 1. The summed E-state index contributed by atoms with van der Waals surface area (Å²) in [5, 5.41) is 16.8. The van der Waals surface area contributed by atoms with E-state index in [-0.39, 0.29) is 11.3 Å². The number of aromatic nitrogens is 1. The first-order valence-corrected chi connectivity index (χ1v) is 8.91. The fraction of sp³-hybridized carbons (Fsp3) is 0.400. The van der Waals surface area contributed by atoms with E-state index in [1.54, 1.807) is 12.4 Å². The van der Waals surface area contributed by atoms with Crippen LogP contribution in [-0.2, 0) is 10.2 Å². The molecule has 1 atom stereocenters. The molecule has 0 bridgehead atoms. The number of anilines is 1. The highest BCUT2D eigenvalue weighted by atomic mass is 16.3. The van der Waals surface area contributed by atoms with E-state index in [1.807, 2.05) is 30.3 Å². The van der Waals surface area contributed by atoms with Crippen LogP contribution in [0.2, 0.25) is 0 Å². The first-order chi connectivity index (χ1) is 12.2. The Bertz CT molecular complexity index is 755. The molecule has 1 aliphatic carbocycles. The Kier molecular flexibility index (Phi) is 4.27. The van der Waals surface area contributed by atoms with Gasteiger partial charge in [0.15, 0.2) is 0 Å². The number of nitrogens with zero attached hydrogens (tertiary/aromatic N) is 1. The topological polar surface area (TPSA) is 74.2 Å². The summed E-state index contributed by atoms with van der Waals surface area (Å²) in [7, 11) is 0. The molecule has 1 unspecified atom stereocenters. The second-order valence-electron chi connectivity index (χ2n) is 7.06. The van der Waals surface area contributed by atoms with Crippen LogP contribution in [0.4, 0.5) is 5.69 Å². The molecule has 1 amide bonds. The molecule has 1 aromatic heterocycles. The van der Waals surface area contributed by atoms with Crippen LogP contribution in [0.3, 0.4) is 0 Å². The van der Waals surface area contributed by atoms with Crippen LogP contribution in [-0.4, -0.2) is 28.6 Å². The molecule has 5 nitrogen and oxygen atoms in total. The highest BCUT2D eigenvalue weighted by Gasteiger charge is 2.48. The SMILES string of the molecule is O=C1Nc2ccccc2C12CCC(NCC(O)c1ccncc1)CC2. The van der Waals surface area contributed by atoms with Gasteiger partial charge in [-0.1, -0.05) is 18.2 Å². The Morgan fingerprint density at radius 2 is 1.92 bits per heavy atom. The Labute approximate surface area is 147 Å². The highest BCUT2D eigenvalue weighted by molar-refractivity contribution is 6.06. The molecule has 0 radical (unpaired) electrons. The van der Waals surface area contributed by atoms with E-state index in [0.29, 0.717) is 12.6 Å². The summed E-state index contributed by atoms with van der Waals surface area (Å²) in [6, 6.07) is 12.0. The molecule has 2 aliphatic rings. The van der Waals surface area contributed by atoms with Gasteiger partial charge in [0.25, 0.3) is 0 Å². The summed E-state index contributed by atoms with van der Waals surface area (Å²) >= 11 is 0. The monoisotopic (exact) mass is 337 g/mol. The minimum absolute atomic E-state index is 0.143. The van der Waals surface area contributed by atoms with Crippen LogP contribution in [0.5, 0.6) is 0 Å². The zero-order chi connectivity index (χ0) is 17.3. The Hall–Kier alpha value is -2.24. The number of para-hydroxylation sites is 1. The number of amides is 1. The number of fused-ring (bicyclic) bond motifs is 2. The maximum absolute atomic E-state index is 12.6. The number of carbonyl (C=O) groups excluding carboxylic acids is 1. The average molecular weight is 337 g/mol. The fourth-order valence-corrected chi connectivity index (χ4v) is 4.17. The van der Waals surface area contributed by atoms with Crippen LogP contribution in [0.1, 0.15) is 42.9 Å². The number of nitrogens with one attached hydrogen (secondary N) is 2. The number of carbonyl (C=O) groups is 1. The number of rotatable bonds is 4. The maximum Gasteiger partial charge on any atom is 0.235 e. The van der Waals surface area contributed by atoms with Crippen molar-refractivity contribution in [3.63, 3.8) is 0 Å². The van der Waals surface area contributed by atoms with Gasteiger partial charge in [-0.15, -0.1) is 0 Å². The first kappa shape index (κ1) is 16.2. The minimum Gasteiger partial charge on any atom is -0.387 e. The van der Waals surface area contributed by atoms with Gasteiger partial charge in [-0.05, 0) is 55.0 Å². The largest absolute Gasteiger partial charge is 0.387 e. The van der Waals surface area contributed by atoms with Crippen molar-refractivity contribution in [1.82, 2.24) is 10.3 Å². The van der Waals surface area contributed by atoms with Gasteiger partial charge in [-0.2, -0.15) is 0 Å². The number of pyridine rings is 1. The zero-order valence-electron chi connectivity index (χ0n) is 14.1. The lowest BCUT2D eigenvalue weighted by Gasteiger charge is -2.36. The van der Waals surface area contributed by atoms with Crippen LogP contribution < -0.4 is 10.6 Å². The molecular formula is C20H23N3O2. The predicted octanol–water partition coefficient (Wildman–Crippen LogP) is 2.54. The van der Waals surface area contributed by atoms with E-state index in [4.69, 9.17) is 0 Å². The number of benzene rings is 1. The summed E-state index contributed by atoms with van der Waals surface area (Å²) in [4.78, 5) is 16.6. The van der Waals surface area contributed by atoms with Gasteiger partial charge in [0.05, 0.1) is 11.5 Å². The number of aliphatic hydroxyl groups excluding tert-OH is 1. The smallest absolute Gasteiger partial charge is 0.235 e. The van der Waals surface area contributed by atoms with Crippen molar-refractivity contribution in [3.8, 4) is 0 Å². The summed E-state index contributed by atoms with van der Waals surface area (Å²) in [5.74, 6) is 0.143. The maximum atomic E-state index is 12.6. The fourth-order valence-electron chi connectivity index (χ4n) is 4.17. The third-order valence-corrected chi connectivity index (χ3v) is 5.66. The summed E-state index contributed by atoms with van der Waals surface area (Å²) in [6.45, 7) is 0.518. The van der Waals surface area contributed by atoms with E-state index in [9.17, 15) is 9.90 Å². The van der Waals surface area contributed by atoms with E-state index in [2.05, 4.69) is 21.7 Å². The standard InChI is InChI=1S/C20H23N3O2/c24-18(14-7-11-21-12-8-14)13-22-15-5-9-20(10-6-15)16-3-1-2-4-17(16)23-19(20)25/h1-4,7-8,11-12,15,18,22,24H,5-6,9-10,13H2,(H,23,25). The van der Waals surface area contributed by atoms with Gasteiger partial charge < -0.3 is 15.7 Å². The molecule has 5 heteroatoms. The van der Waals surface area contributed by atoms with Gasteiger partial charge in [-0.3, -0.25) is 9.78 Å². The number of hydrogen-bond donors (Lipinski definition) is 3. The second-order valence-corrected chi connectivity index (χ2v) is 7.06. The average Bonchev–Trinajstić information content (AvgIpc) is 2.93. The molecule has 1 spiro atoms. The quantitative estimate of drug-likeness (QED) is 0.801. The molecule has 3 N–H and O–H groups in total. The van der Waals surface area contributed by atoms with Crippen molar-refractivity contribution >= 4 is 11.6 Å². The molecule has 1 aromatic carbocycles. The lowest BCUT2D eigenvalue weighted by Crippen LogP contribution is -2.44. The first-order valence-electron chi connectivity index (χ1n) is 8.91. The molecule has 25 heavy (non-hydrogen) atoms. The van der Waals surface area contributed by atoms with Crippen molar-refractivity contribution < 1.29 is 9.90 Å². The minimum atomic E-state index is -0.533. The van der Waals surface area contributed by atoms with E-state index < -0.39 is 6.10 Å². The van der Waals surface area contributed by atoms with Gasteiger partial charge in [0.1, 0.15) is 0 Å². The van der Waals surface area contributed by atoms with Crippen LogP contribution >= 0.6 is 0 Å².